The third-order valence-corrected chi connectivity index (χ3v) is 3.40. The third kappa shape index (κ3) is 2.68. The molecule has 1 aromatic rings. The van der Waals surface area contributed by atoms with Crippen LogP contribution in [-0.2, 0) is 11.3 Å². The monoisotopic (exact) mass is 238 g/mol. The first-order valence-electron chi connectivity index (χ1n) is 6.34. The lowest BCUT2D eigenvalue weighted by Crippen LogP contribution is -2.38. The van der Waals surface area contributed by atoms with Gasteiger partial charge in [-0.1, -0.05) is 0 Å². The predicted octanol–water partition coefficient (Wildman–Crippen LogP) is 1.14. The van der Waals surface area contributed by atoms with Gasteiger partial charge < -0.3 is 4.74 Å². The van der Waals surface area contributed by atoms with Crippen molar-refractivity contribution in [3.8, 4) is 0 Å². The number of rotatable bonds is 4. The summed E-state index contributed by atoms with van der Waals surface area (Å²) in [7, 11) is 0. The van der Waals surface area contributed by atoms with Crippen LogP contribution in [0.5, 0.6) is 0 Å². The number of hydrogen-bond acceptors (Lipinski definition) is 4. The minimum Gasteiger partial charge on any atom is -0.381 e. The molecular weight excluding hydrogens is 216 g/mol. The first kappa shape index (κ1) is 12.5. The number of nitrogens with two attached hydrogens (primary N) is 1. The molecule has 2 rings (SSSR count). The van der Waals surface area contributed by atoms with E-state index in [1.165, 1.54) is 5.69 Å². The van der Waals surface area contributed by atoms with Gasteiger partial charge in [0.15, 0.2) is 0 Å². The molecule has 0 saturated carbocycles. The lowest BCUT2D eigenvalue weighted by Gasteiger charge is -2.30. The van der Waals surface area contributed by atoms with Crippen molar-refractivity contribution in [3.05, 3.63) is 17.5 Å². The Morgan fingerprint density at radius 1 is 1.71 bits per heavy atom. The smallest absolute Gasteiger partial charge is 0.0679 e. The zero-order valence-corrected chi connectivity index (χ0v) is 10.6. The van der Waals surface area contributed by atoms with E-state index >= 15 is 0 Å². The summed E-state index contributed by atoms with van der Waals surface area (Å²) in [5, 5.41) is 4.47. The van der Waals surface area contributed by atoms with Gasteiger partial charge in [0.1, 0.15) is 0 Å². The van der Waals surface area contributed by atoms with Crippen LogP contribution < -0.4 is 11.3 Å². The van der Waals surface area contributed by atoms with Crippen molar-refractivity contribution in [2.45, 2.75) is 39.3 Å². The van der Waals surface area contributed by atoms with E-state index in [9.17, 15) is 0 Å². The molecule has 2 atom stereocenters. The molecule has 0 aliphatic carbocycles. The van der Waals surface area contributed by atoms with Crippen molar-refractivity contribution in [1.82, 2.24) is 15.2 Å². The Bertz CT molecular complexity index is 357. The van der Waals surface area contributed by atoms with Crippen LogP contribution in [0.1, 0.15) is 37.2 Å². The Balaban J connectivity index is 2.20. The molecule has 1 saturated heterocycles. The second kappa shape index (κ2) is 5.62. The maximum atomic E-state index is 5.72. The number of aromatic nitrogens is 2. The summed E-state index contributed by atoms with van der Waals surface area (Å²) in [5.74, 6) is 6.16. The van der Waals surface area contributed by atoms with E-state index in [1.54, 1.807) is 0 Å². The van der Waals surface area contributed by atoms with Gasteiger partial charge in [-0.2, -0.15) is 5.10 Å². The topological polar surface area (TPSA) is 65.1 Å². The lowest BCUT2D eigenvalue weighted by molar-refractivity contribution is 0.0376. The Kier molecular flexibility index (Phi) is 4.15. The number of hydrogen-bond donors (Lipinski definition) is 2. The summed E-state index contributed by atoms with van der Waals surface area (Å²) in [6.07, 6.45) is 2.27. The summed E-state index contributed by atoms with van der Waals surface area (Å²) >= 11 is 0. The van der Waals surface area contributed by atoms with Crippen molar-refractivity contribution in [3.63, 3.8) is 0 Å². The quantitative estimate of drug-likeness (QED) is 0.610. The number of hydrazine groups is 1. The molecule has 1 aromatic heterocycles. The fraction of sp³-hybridized carbons (Fsp3) is 0.750. The lowest BCUT2D eigenvalue weighted by atomic mass is 9.92. The van der Waals surface area contributed by atoms with Crippen LogP contribution in [0.25, 0.3) is 0 Å². The molecule has 5 nitrogen and oxygen atoms in total. The van der Waals surface area contributed by atoms with Gasteiger partial charge in [0, 0.05) is 19.1 Å². The number of nitrogens with zero attached hydrogens (tertiary/aromatic N) is 2. The van der Waals surface area contributed by atoms with E-state index in [1.807, 2.05) is 11.6 Å². The number of aryl methyl sites for hydroxylation is 2. The Labute approximate surface area is 102 Å². The Morgan fingerprint density at radius 2 is 2.53 bits per heavy atom. The average molecular weight is 238 g/mol. The van der Waals surface area contributed by atoms with Crippen molar-refractivity contribution in [2.75, 3.05) is 13.2 Å². The summed E-state index contributed by atoms with van der Waals surface area (Å²) in [6, 6.07) is 2.25. The molecule has 0 radical (unpaired) electrons. The van der Waals surface area contributed by atoms with Crippen molar-refractivity contribution in [1.29, 1.82) is 0 Å². The molecule has 0 amide bonds. The zero-order valence-electron chi connectivity index (χ0n) is 10.6. The van der Waals surface area contributed by atoms with Crippen LogP contribution in [0, 0.1) is 12.8 Å². The van der Waals surface area contributed by atoms with Gasteiger partial charge in [-0.05, 0) is 32.8 Å². The molecule has 1 aliphatic rings. The average Bonchev–Trinajstić information content (AvgIpc) is 2.73. The van der Waals surface area contributed by atoms with Gasteiger partial charge >= 0.3 is 0 Å². The predicted molar refractivity (Wildman–Crippen MR) is 66.2 cm³/mol. The van der Waals surface area contributed by atoms with Crippen LogP contribution in [0.4, 0.5) is 0 Å². The highest BCUT2D eigenvalue weighted by Crippen LogP contribution is 2.28. The molecule has 3 N–H and O–H groups in total. The highest BCUT2D eigenvalue weighted by molar-refractivity contribution is 5.14. The first-order chi connectivity index (χ1) is 8.26. The van der Waals surface area contributed by atoms with Gasteiger partial charge in [-0.3, -0.25) is 16.0 Å². The normalized spacial score (nSPS) is 22.6. The van der Waals surface area contributed by atoms with Gasteiger partial charge in [0.05, 0.1) is 24.0 Å². The Hall–Kier alpha value is -0.910. The molecule has 5 heteroatoms. The molecule has 2 unspecified atom stereocenters. The third-order valence-electron chi connectivity index (χ3n) is 3.40. The Morgan fingerprint density at radius 3 is 3.12 bits per heavy atom. The minimum atomic E-state index is 0.136. The molecule has 0 aromatic carbocycles. The fourth-order valence-corrected chi connectivity index (χ4v) is 2.56. The largest absolute Gasteiger partial charge is 0.381 e. The molecule has 96 valence electrons. The zero-order chi connectivity index (χ0) is 12.3. The molecule has 0 bridgehead atoms. The standard InChI is InChI=1S/C12H22N4O/c1-3-16-11(7-9(2)15-16)12(14-13)10-5-4-6-17-8-10/h7,10,12,14H,3-6,8,13H2,1-2H3. The van der Waals surface area contributed by atoms with Crippen LogP contribution in [0.15, 0.2) is 6.07 Å². The van der Waals surface area contributed by atoms with Crippen molar-refractivity contribution < 1.29 is 4.74 Å². The summed E-state index contributed by atoms with van der Waals surface area (Å²) in [6.45, 7) is 6.64. The maximum Gasteiger partial charge on any atom is 0.0679 e. The molecular formula is C12H22N4O. The van der Waals surface area contributed by atoms with Crippen molar-refractivity contribution >= 4 is 0 Å². The van der Waals surface area contributed by atoms with Gasteiger partial charge in [0.25, 0.3) is 0 Å². The molecule has 2 heterocycles. The summed E-state index contributed by atoms with van der Waals surface area (Å²) < 4.78 is 7.56. The van der Waals surface area contributed by atoms with Gasteiger partial charge in [-0.15, -0.1) is 0 Å². The van der Waals surface area contributed by atoms with E-state index in [4.69, 9.17) is 10.6 Å². The highest BCUT2D eigenvalue weighted by Gasteiger charge is 2.27. The maximum absolute atomic E-state index is 5.72. The second-order valence-corrected chi connectivity index (χ2v) is 4.65. The highest BCUT2D eigenvalue weighted by atomic mass is 16.5. The van der Waals surface area contributed by atoms with E-state index in [-0.39, 0.29) is 6.04 Å². The number of nitrogens with one attached hydrogen (secondary N) is 1. The molecule has 17 heavy (non-hydrogen) atoms. The molecule has 0 spiro atoms. The van der Waals surface area contributed by atoms with Crippen LogP contribution in [0.2, 0.25) is 0 Å². The summed E-state index contributed by atoms with van der Waals surface area (Å²) in [5.41, 5.74) is 5.15. The fourth-order valence-electron chi connectivity index (χ4n) is 2.56. The van der Waals surface area contributed by atoms with E-state index in [0.29, 0.717) is 5.92 Å². The number of ether oxygens (including phenoxy) is 1. The molecule has 1 aliphatic heterocycles. The SMILES string of the molecule is CCn1nc(C)cc1C(NN)C1CCCOC1. The summed E-state index contributed by atoms with van der Waals surface area (Å²) in [4.78, 5) is 0. The van der Waals surface area contributed by atoms with Gasteiger partial charge in [0.2, 0.25) is 0 Å². The van der Waals surface area contributed by atoms with Gasteiger partial charge in [-0.25, -0.2) is 0 Å². The molecule has 1 fully saturated rings. The van der Waals surface area contributed by atoms with E-state index in [0.717, 1.165) is 38.3 Å². The first-order valence-corrected chi connectivity index (χ1v) is 6.34. The van der Waals surface area contributed by atoms with E-state index < -0.39 is 0 Å². The minimum absolute atomic E-state index is 0.136. The van der Waals surface area contributed by atoms with Crippen LogP contribution >= 0.6 is 0 Å². The van der Waals surface area contributed by atoms with Crippen LogP contribution in [-0.4, -0.2) is 23.0 Å². The van der Waals surface area contributed by atoms with E-state index in [2.05, 4.69) is 23.5 Å². The second-order valence-electron chi connectivity index (χ2n) is 4.65. The van der Waals surface area contributed by atoms with Crippen molar-refractivity contribution in [2.24, 2.45) is 11.8 Å². The van der Waals surface area contributed by atoms with Crippen LogP contribution in [0.3, 0.4) is 0 Å².